The largest absolute Gasteiger partial charge is 0.491 e. The number of aliphatic hydroxyl groups excluding tert-OH is 2. The van der Waals surface area contributed by atoms with Crippen molar-refractivity contribution in [3.8, 4) is 16.9 Å². The van der Waals surface area contributed by atoms with E-state index in [1.54, 1.807) is 6.92 Å². The molecule has 3 atom stereocenters. The number of aliphatic hydroxyl groups is 3. The van der Waals surface area contributed by atoms with Crippen molar-refractivity contribution >= 4 is 9.24 Å². The van der Waals surface area contributed by atoms with E-state index in [9.17, 15) is 10.2 Å². The maximum atomic E-state index is 10.3. The molecule has 0 spiro atoms. The monoisotopic (exact) mass is 362 g/mol. The molecule has 3 N–H and O–H groups in total. The van der Waals surface area contributed by atoms with E-state index in [4.69, 9.17) is 9.84 Å². The molecule has 2 rings (SSSR count). The molecule has 0 radical (unpaired) electrons. The quantitative estimate of drug-likeness (QED) is 0.663. The molecule has 2 aromatic carbocycles. The number of benzene rings is 2. The van der Waals surface area contributed by atoms with Gasteiger partial charge in [0.05, 0.1) is 11.9 Å². The third kappa shape index (κ3) is 4.80. The topological polar surface area (TPSA) is 69.9 Å². The first kappa shape index (κ1) is 19.9. The highest BCUT2D eigenvalue weighted by molar-refractivity contribution is 7.18. The van der Waals surface area contributed by atoms with Gasteiger partial charge in [0.25, 0.3) is 0 Å². The summed E-state index contributed by atoms with van der Waals surface area (Å²) >= 11 is 0. The summed E-state index contributed by atoms with van der Waals surface area (Å²) < 4.78 is 5.41. The summed E-state index contributed by atoms with van der Waals surface area (Å²) in [5.41, 5.74) is 2.80. The van der Waals surface area contributed by atoms with Crippen LogP contribution in [0.2, 0.25) is 0 Å². The molecule has 0 saturated heterocycles. The Hall–Kier alpha value is -1.45. The van der Waals surface area contributed by atoms with Crippen LogP contribution in [0, 0.1) is 0 Å². The molecule has 0 heterocycles. The highest BCUT2D eigenvalue weighted by Gasteiger charge is 2.36. The van der Waals surface area contributed by atoms with Crippen LogP contribution in [0.4, 0.5) is 0 Å². The molecule has 0 aliphatic carbocycles. The van der Waals surface area contributed by atoms with E-state index in [-0.39, 0.29) is 18.6 Å². The van der Waals surface area contributed by atoms with Gasteiger partial charge in [-0.3, -0.25) is 0 Å². The summed E-state index contributed by atoms with van der Waals surface area (Å²) in [6.07, 6.45) is -0.871. The van der Waals surface area contributed by atoms with Crippen LogP contribution in [-0.4, -0.2) is 40.0 Å². The van der Waals surface area contributed by atoms with Crippen molar-refractivity contribution in [3.05, 3.63) is 54.1 Å². The predicted octanol–water partition coefficient (Wildman–Crippen LogP) is 2.95. The molecule has 0 aliphatic rings. The standard InChI is InChI=1S/C20H27O4P/c1-19(2,20(3,23)25)16-8-4-14(5-9-16)15-6-10-18(11-7-15)24-13-17(22)12-21/h4-11,17,21-23H,12-13,25H2,1-3H3. The molecule has 25 heavy (non-hydrogen) atoms. The van der Waals surface area contributed by atoms with Gasteiger partial charge in [-0.2, -0.15) is 0 Å². The van der Waals surface area contributed by atoms with Crippen molar-refractivity contribution < 1.29 is 20.1 Å². The molecule has 2 aromatic rings. The minimum Gasteiger partial charge on any atom is -0.491 e. The molecule has 0 aromatic heterocycles. The third-order valence-electron chi connectivity index (χ3n) is 4.71. The van der Waals surface area contributed by atoms with Crippen molar-refractivity contribution in [2.45, 2.75) is 37.6 Å². The van der Waals surface area contributed by atoms with Crippen LogP contribution < -0.4 is 4.74 Å². The van der Waals surface area contributed by atoms with Crippen LogP contribution in [0.25, 0.3) is 11.1 Å². The Morgan fingerprint density at radius 2 is 1.44 bits per heavy atom. The molecular formula is C20H27O4P. The lowest BCUT2D eigenvalue weighted by atomic mass is 9.79. The van der Waals surface area contributed by atoms with Gasteiger partial charge in [-0.05, 0) is 35.7 Å². The zero-order valence-electron chi connectivity index (χ0n) is 14.9. The Balaban J connectivity index is 2.12. The van der Waals surface area contributed by atoms with Crippen LogP contribution in [-0.2, 0) is 5.41 Å². The Labute approximate surface area is 151 Å². The molecule has 0 amide bonds. The lowest BCUT2D eigenvalue weighted by Gasteiger charge is -2.37. The molecule has 4 nitrogen and oxygen atoms in total. The zero-order valence-corrected chi connectivity index (χ0v) is 16.1. The smallest absolute Gasteiger partial charge is 0.119 e. The molecule has 3 unspecified atom stereocenters. The van der Waals surface area contributed by atoms with Crippen molar-refractivity contribution in [1.82, 2.24) is 0 Å². The Bertz CT molecular complexity index is 672. The second-order valence-electron chi connectivity index (χ2n) is 7.02. The number of ether oxygens (including phenoxy) is 1. The van der Waals surface area contributed by atoms with Crippen molar-refractivity contribution in [2.24, 2.45) is 0 Å². The number of rotatable bonds is 7. The molecule has 136 valence electrons. The molecule has 0 fully saturated rings. The lowest BCUT2D eigenvalue weighted by molar-refractivity contribution is 0.0536. The van der Waals surface area contributed by atoms with Crippen LogP contribution in [0.1, 0.15) is 26.3 Å². The first-order chi connectivity index (χ1) is 11.6. The summed E-state index contributed by atoms with van der Waals surface area (Å²) in [6.45, 7) is 5.57. The van der Waals surface area contributed by atoms with E-state index >= 15 is 0 Å². The normalized spacial score (nSPS) is 15.5. The van der Waals surface area contributed by atoms with Crippen LogP contribution in [0.3, 0.4) is 0 Å². The predicted molar refractivity (Wildman–Crippen MR) is 104 cm³/mol. The van der Waals surface area contributed by atoms with Crippen molar-refractivity contribution in [1.29, 1.82) is 0 Å². The second kappa shape index (κ2) is 7.84. The molecule has 5 heteroatoms. The average molecular weight is 362 g/mol. The summed E-state index contributed by atoms with van der Waals surface area (Å²) in [5.74, 6) is 0.646. The minimum absolute atomic E-state index is 0.0641. The number of hydrogen-bond acceptors (Lipinski definition) is 4. The van der Waals surface area contributed by atoms with Gasteiger partial charge >= 0.3 is 0 Å². The maximum absolute atomic E-state index is 10.3. The third-order valence-corrected chi connectivity index (χ3v) is 5.43. The van der Waals surface area contributed by atoms with Crippen LogP contribution in [0.5, 0.6) is 5.75 Å². The molecule has 0 bridgehead atoms. The van der Waals surface area contributed by atoms with Crippen molar-refractivity contribution in [3.63, 3.8) is 0 Å². The highest BCUT2D eigenvalue weighted by atomic mass is 31.0. The van der Waals surface area contributed by atoms with E-state index in [0.717, 1.165) is 16.7 Å². The number of hydrogen-bond donors (Lipinski definition) is 3. The fraction of sp³-hybridized carbons (Fsp3) is 0.400. The molecular weight excluding hydrogens is 335 g/mol. The fourth-order valence-electron chi connectivity index (χ4n) is 2.36. The van der Waals surface area contributed by atoms with Gasteiger partial charge in [-0.25, -0.2) is 0 Å². The SMILES string of the molecule is CC(O)(P)C(C)(C)c1ccc(-c2ccc(OCC(O)CO)cc2)cc1. The Morgan fingerprint density at radius 1 is 0.960 bits per heavy atom. The summed E-state index contributed by atoms with van der Waals surface area (Å²) in [4.78, 5) is 0. The van der Waals surface area contributed by atoms with E-state index in [1.807, 2.05) is 62.4 Å². The van der Waals surface area contributed by atoms with Gasteiger partial charge in [0.15, 0.2) is 0 Å². The van der Waals surface area contributed by atoms with Crippen LogP contribution >= 0.6 is 9.24 Å². The molecule has 0 saturated carbocycles. The fourth-order valence-corrected chi connectivity index (χ4v) is 2.53. The zero-order chi connectivity index (χ0) is 18.7. The van der Waals surface area contributed by atoms with Gasteiger partial charge in [-0.15, -0.1) is 9.24 Å². The first-order valence-electron chi connectivity index (χ1n) is 8.29. The minimum atomic E-state index is -0.896. The summed E-state index contributed by atoms with van der Waals surface area (Å²) in [6, 6.07) is 15.7. The Morgan fingerprint density at radius 3 is 1.88 bits per heavy atom. The molecule has 0 aliphatic heterocycles. The summed E-state index contributed by atoms with van der Waals surface area (Å²) in [5, 5.41) is 27.5. The average Bonchev–Trinajstić information content (AvgIpc) is 2.59. The van der Waals surface area contributed by atoms with E-state index in [2.05, 4.69) is 9.24 Å². The van der Waals surface area contributed by atoms with Crippen molar-refractivity contribution in [2.75, 3.05) is 13.2 Å². The van der Waals surface area contributed by atoms with E-state index in [1.165, 1.54) is 0 Å². The van der Waals surface area contributed by atoms with Gasteiger partial charge < -0.3 is 20.1 Å². The van der Waals surface area contributed by atoms with Gasteiger partial charge in [-0.1, -0.05) is 50.2 Å². The van der Waals surface area contributed by atoms with Crippen LogP contribution in [0.15, 0.2) is 48.5 Å². The highest BCUT2D eigenvalue weighted by Crippen LogP contribution is 2.39. The van der Waals surface area contributed by atoms with E-state index < -0.39 is 11.4 Å². The lowest BCUT2D eigenvalue weighted by Crippen LogP contribution is -2.39. The van der Waals surface area contributed by atoms with Gasteiger partial charge in [0, 0.05) is 5.41 Å². The summed E-state index contributed by atoms with van der Waals surface area (Å²) in [7, 11) is 2.50. The van der Waals surface area contributed by atoms with E-state index in [0.29, 0.717) is 5.75 Å². The first-order valence-corrected chi connectivity index (χ1v) is 8.87. The Kier molecular flexibility index (Phi) is 6.23. The van der Waals surface area contributed by atoms with Gasteiger partial charge in [0.2, 0.25) is 0 Å². The second-order valence-corrected chi connectivity index (χ2v) is 8.15. The van der Waals surface area contributed by atoms with Gasteiger partial charge in [0.1, 0.15) is 18.5 Å². The maximum Gasteiger partial charge on any atom is 0.119 e.